The second-order valence-corrected chi connectivity index (χ2v) is 7.38. The van der Waals surface area contributed by atoms with Crippen LogP contribution >= 0.6 is 0 Å². The van der Waals surface area contributed by atoms with E-state index in [9.17, 15) is 14.4 Å². The molecule has 2 unspecified atom stereocenters. The minimum Gasteiger partial charge on any atom is -0.449 e. The summed E-state index contributed by atoms with van der Waals surface area (Å²) in [6, 6.07) is 0.172. The van der Waals surface area contributed by atoms with Crippen LogP contribution < -0.4 is 11.1 Å². The normalized spacial score (nSPS) is 37.1. The summed E-state index contributed by atoms with van der Waals surface area (Å²) >= 11 is 0. The molecular weight excluding hydrogens is 340 g/mol. The molecule has 3 fully saturated rings. The molecule has 1 aliphatic carbocycles. The third-order valence-electron chi connectivity index (χ3n) is 6.16. The monoisotopic (exact) mass is 360 g/mol. The lowest BCUT2D eigenvalue weighted by Crippen LogP contribution is -2.55. The first-order valence-electron chi connectivity index (χ1n) is 8.72. The van der Waals surface area contributed by atoms with E-state index < -0.39 is 17.7 Å². The number of fused-ring (bicyclic) bond motifs is 4. The van der Waals surface area contributed by atoms with Gasteiger partial charge in [-0.15, -0.1) is 0 Å². The van der Waals surface area contributed by atoms with E-state index in [1.165, 1.54) is 0 Å². The molecule has 5 aliphatic rings. The third kappa shape index (κ3) is 1.74. The first-order valence-corrected chi connectivity index (χ1v) is 8.72. The van der Waals surface area contributed by atoms with Gasteiger partial charge >= 0.3 is 6.09 Å². The zero-order chi connectivity index (χ0) is 18.4. The average molecular weight is 360 g/mol. The van der Waals surface area contributed by atoms with E-state index in [0.29, 0.717) is 29.1 Å². The van der Waals surface area contributed by atoms with E-state index in [4.69, 9.17) is 15.2 Å². The molecule has 0 saturated carbocycles. The van der Waals surface area contributed by atoms with Crippen molar-refractivity contribution in [3.05, 3.63) is 22.5 Å². The Kier molecular flexibility index (Phi) is 2.96. The molecule has 0 bridgehead atoms. The van der Waals surface area contributed by atoms with Gasteiger partial charge in [-0.2, -0.15) is 0 Å². The largest absolute Gasteiger partial charge is 0.449 e. The first-order chi connectivity index (χ1) is 12.4. The summed E-state index contributed by atoms with van der Waals surface area (Å²) in [7, 11) is 1.56. The predicted octanol–water partition coefficient (Wildman–Crippen LogP) is -1.29. The molecule has 0 aromatic carbocycles. The lowest BCUT2D eigenvalue weighted by atomic mass is 9.82. The van der Waals surface area contributed by atoms with Crippen molar-refractivity contribution in [3.8, 4) is 0 Å². The third-order valence-corrected chi connectivity index (χ3v) is 6.16. The fourth-order valence-electron chi connectivity index (χ4n) is 4.93. The number of piperazine rings is 1. The van der Waals surface area contributed by atoms with Gasteiger partial charge in [0, 0.05) is 43.9 Å². The molecule has 3 N–H and O–H groups in total. The van der Waals surface area contributed by atoms with Crippen LogP contribution in [-0.4, -0.2) is 78.6 Å². The average Bonchev–Trinajstić information content (AvgIpc) is 3.51. The number of nitrogens with one attached hydrogen (secondary N) is 1. The lowest BCUT2D eigenvalue weighted by Gasteiger charge is -2.39. The van der Waals surface area contributed by atoms with Crippen LogP contribution in [0.1, 0.15) is 6.92 Å². The molecule has 138 valence electrons. The van der Waals surface area contributed by atoms with Crippen LogP contribution in [0.3, 0.4) is 0 Å². The van der Waals surface area contributed by atoms with E-state index >= 15 is 0 Å². The van der Waals surface area contributed by atoms with Crippen molar-refractivity contribution in [2.75, 3.05) is 33.4 Å². The molecule has 0 spiro atoms. The molecule has 0 radical (unpaired) electrons. The number of hydrogen-bond donors (Lipinski definition) is 2. The van der Waals surface area contributed by atoms with Crippen molar-refractivity contribution in [1.29, 1.82) is 0 Å². The molecule has 4 atom stereocenters. The number of nitrogens with two attached hydrogens (primary N) is 1. The van der Waals surface area contributed by atoms with Crippen LogP contribution in [0.2, 0.25) is 0 Å². The van der Waals surface area contributed by atoms with Crippen LogP contribution in [0, 0.1) is 5.92 Å². The van der Waals surface area contributed by atoms with Gasteiger partial charge < -0.3 is 30.3 Å². The Bertz CT molecular complexity index is 829. The van der Waals surface area contributed by atoms with Gasteiger partial charge in [-0.1, -0.05) is 0 Å². The molecule has 4 aliphatic heterocycles. The van der Waals surface area contributed by atoms with Crippen molar-refractivity contribution < 1.29 is 23.9 Å². The molecule has 9 heteroatoms. The molecule has 26 heavy (non-hydrogen) atoms. The van der Waals surface area contributed by atoms with E-state index in [1.54, 1.807) is 14.0 Å². The predicted molar refractivity (Wildman–Crippen MR) is 87.5 cm³/mol. The summed E-state index contributed by atoms with van der Waals surface area (Å²) in [6.45, 7) is 3.71. The SMILES string of the molecule is CO[C@]12C3NC3CN1C1=C(C(=O)C(N3CC3)=C(C)C1=O)[C@H]2COC(N)=O. The standard InChI is InChI=1S/C17H20N4O5/c1-7-11(20-3-4-20)14(23)10-8(6-26-16(18)24)17(25-2)15-9(19-15)5-21(17)12(10)13(7)22/h8-9,15,19H,3-6H2,1-2H3,(H2,18,24)/t8-,9?,15?,17-/m1/s1. The number of amides is 1. The number of methoxy groups -OCH3 is 1. The number of ether oxygens (including phenoxy) is 2. The minimum atomic E-state index is -0.914. The number of primary amides is 1. The van der Waals surface area contributed by atoms with Crippen molar-refractivity contribution in [1.82, 2.24) is 15.1 Å². The Morgan fingerprint density at radius 2 is 2.04 bits per heavy atom. The zero-order valence-corrected chi connectivity index (χ0v) is 14.6. The summed E-state index contributed by atoms with van der Waals surface area (Å²) in [4.78, 5) is 41.5. The molecule has 0 aromatic heterocycles. The second kappa shape index (κ2) is 4.86. The van der Waals surface area contributed by atoms with Crippen molar-refractivity contribution >= 4 is 17.7 Å². The van der Waals surface area contributed by atoms with E-state index in [0.717, 1.165) is 13.1 Å². The van der Waals surface area contributed by atoms with Crippen molar-refractivity contribution in [2.45, 2.75) is 24.7 Å². The second-order valence-electron chi connectivity index (χ2n) is 7.38. The summed E-state index contributed by atoms with van der Waals surface area (Å²) in [5, 5.41) is 3.33. The van der Waals surface area contributed by atoms with Gasteiger partial charge in [-0.3, -0.25) is 9.59 Å². The summed E-state index contributed by atoms with van der Waals surface area (Å²) < 4.78 is 11.0. The van der Waals surface area contributed by atoms with Gasteiger partial charge in [0.1, 0.15) is 6.61 Å². The number of ketones is 2. The number of nitrogens with zero attached hydrogens (tertiary/aromatic N) is 2. The molecule has 0 aromatic rings. The molecule has 5 rings (SSSR count). The minimum absolute atomic E-state index is 0.0230. The smallest absolute Gasteiger partial charge is 0.404 e. The van der Waals surface area contributed by atoms with E-state index in [2.05, 4.69) is 5.32 Å². The highest BCUT2D eigenvalue weighted by Gasteiger charge is 2.72. The fourth-order valence-corrected chi connectivity index (χ4v) is 4.93. The van der Waals surface area contributed by atoms with Gasteiger partial charge in [0.2, 0.25) is 11.6 Å². The van der Waals surface area contributed by atoms with Crippen LogP contribution in [0.15, 0.2) is 22.5 Å². The maximum atomic E-state index is 13.3. The zero-order valence-electron chi connectivity index (χ0n) is 14.6. The first kappa shape index (κ1) is 15.8. The molecule has 3 saturated heterocycles. The quantitative estimate of drug-likeness (QED) is 0.469. The fraction of sp³-hybridized carbons (Fsp3) is 0.588. The molecule has 1 amide bonds. The number of Topliss-reactive ketones (excluding diaryl/α,β-unsaturated/α-hetero) is 2. The van der Waals surface area contributed by atoms with Gasteiger partial charge in [0.25, 0.3) is 0 Å². The van der Waals surface area contributed by atoms with Gasteiger partial charge in [0.05, 0.1) is 23.4 Å². The Balaban J connectivity index is 1.63. The Morgan fingerprint density at radius 3 is 2.65 bits per heavy atom. The Morgan fingerprint density at radius 1 is 1.31 bits per heavy atom. The Hall–Kier alpha value is -2.39. The number of hydrogen-bond acceptors (Lipinski definition) is 8. The van der Waals surface area contributed by atoms with E-state index in [1.807, 2.05) is 9.80 Å². The van der Waals surface area contributed by atoms with Crippen LogP contribution in [0.25, 0.3) is 0 Å². The summed E-state index contributed by atoms with van der Waals surface area (Å²) in [6.07, 6.45) is -0.914. The maximum absolute atomic E-state index is 13.3. The van der Waals surface area contributed by atoms with E-state index in [-0.39, 0.29) is 30.3 Å². The lowest BCUT2D eigenvalue weighted by molar-refractivity contribution is -0.137. The van der Waals surface area contributed by atoms with Gasteiger partial charge in [-0.25, -0.2) is 4.79 Å². The van der Waals surface area contributed by atoms with Crippen molar-refractivity contribution in [2.24, 2.45) is 11.7 Å². The summed E-state index contributed by atoms with van der Waals surface area (Å²) in [5.74, 6) is -0.888. The number of allylic oxidation sites excluding steroid dienone is 2. The summed E-state index contributed by atoms with van der Waals surface area (Å²) in [5.41, 5.74) is 5.97. The molecular formula is C17H20N4O5. The number of rotatable bonds is 4. The highest BCUT2D eigenvalue weighted by atomic mass is 16.6. The number of carbonyl (C=O) groups excluding carboxylic acids is 3. The van der Waals surface area contributed by atoms with Crippen molar-refractivity contribution in [3.63, 3.8) is 0 Å². The van der Waals surface area contributed by atoms with Crippen LogP contribution in [-0.2, 0) is 19.1 Å². The molecule has 9 nitrogen and oxygen atoms in total. The van der Waals surface area contributed by atoms with Crippen LogP contribution in [0.4, 0.5) is 4.79 Å². The van der Waals surface area contributed by atoms with Gasteiger partial charge in [-0.05, 0) is 6.92 Å². The Labute approximate surface area is 149 Å². The van der Waals surface area contributed by atoms with Gasteiger partial charge in [0.15, 0.2) is 5.72 Å². The maximum Gasteiger partial charge on any atom is 0.404 e. The van der Waals surface area contributed by atoms with Crippen LogP contribution in [0.5, 0.6) is 0 Å². The highest BCUT2D eigenvalue weighted by Crippen LogP contribution is 2.56. The topological polar surface area (TPSA) is 124 Å². The molecule has 4 heterocycles. The highest BCUT2D eigenvalue weighted by molar-refractivity contribution is 6.25. The number of carbonyl (C=O) groups is 3.